The van der Waals surface area contributed by atoms with Crippen LogP contribution >= 0.6 is 0 Å². The van der Waals surface area contributed by atoms with Crippen molar-refractivity contribution in [2.45, 2.75) is 51.3 Å². The average molecular weight is 389 g/mol. The van der Waals surface area contributed by atoms with Crippen molar-refractivity contribution >= 4 is 5.96 Å². The highest BCUT2D eigenvalue weighted by Crippen LogP contribution is 2.13. The predicted octanol–water partition coefficient (Wildman–Crippen LogP) is 2.53. The van der Waals surface area contributed by atoms with Gasteiger partial charge in [-0.3, -0.25) is 9.89 Å². The van der Waals surface area contributed by atoms with Crippen molar-refractivity contribution in [3.05, 3.63) is 35.4 Å². The first-order valence-electron chi connectivity index (χ1n) is 10.8. The lowest BCUT2D eigenvalue weighted by atomic mass is 10.1. The zero-order valence-electron chi connectivity index (χ0n) is 17.3. The van der Waals surface area contributed by atoms with Crippen LogP contribution in [0.2, 0.25) is 0 Å². The Bertz CT molecular complexity index is 579. The standard InChI is InChI=1S/C22H36N4O2/c1-23-22(24-11-5-14-27-18-21-6-4-15-28-21)25-16-19-7-9-20(10-8-19)17-26-12-2-3-13-26/h7-10,21H,2-6,11-18H2,1H3,(H2,23,24,25). The number of nitrogens with one attached hydrogen (secondary N) is 2. The average Bonchev–Trinajstić information content (AvgIpc) is 3.42. The zero-order chi connectivity index (χ0) is 19.4. The molecule has 0 radical (unpaired) electrons. The summed E-state index contributed by atoms with van der Waals surface area (Å²) in [7, 11) is 1.81. The first-order valence-corrected chi connectivity index (χ1v) is 10.8. The molecule has 0 bridgehead atoms. The van der Waals surface area contributed by atoms with E-state index in [9.17, 15) is 0 Å². The fourth-order valence-corrected chi connectivity index (χ4v) is 3.74. The van der Waals surface area contributed by atoms with Crippen LogP contribution in [0, 0.1) is 0 Å². The lowest BCUT2D eigenvalue weighted by molar-refractivity contribution is 0.0168. The van der Waals surface area contributed by atoms with Crippen molar-refractivity contribution in [3.63, 3.8) is 0 Å². The molecule has 3 rings (SSSR count). The van der Waals surface area contributed by atoms with Gasteiger partial charge in [-0.2, -0.15) is 0 Å². The van der Waals surface area contributed by atoms with E-state index >= 15 is 0 Å². The number of nitrogens with zero attached hydrogens (tertiary/aromatic N) is 2. The van der Waals surface area contributed by atoms with Gasteiger partial charge in [-0.1, -0.05) is 24.3 Å². The third-order valence-corrected chi connectivity index (χ3v) is 5.40. The minimum Gasteiger partial charge on any atom is -0.379 e. The van der Waals surface area contributed by atoms with Gasteiger partial charge in [-0.15, -0.1) is 0 Å². The van der Waals surface area contributed by atoms with E-state index in [0.29, 0.717) is 6.10 Å². The molecule has 1 atom stereocenters. The monoisotopic (exact) mass is 388 g/mol. The highest BCUT2D eigenvalue weighted by molar-refractivity contribution is 5.79. The van der Waals surface area contributed by atoms with E-state index in [2.05, 4.69) is 44.8 Å². The van der Waals surface area contributed by atoms with E-state index < -0.39 is 0 Å². The van der Waals surface area contributed by atoms with E-state index in [1.165, 1.54) is 43.5 Å². The zero-order valence-corrected chi connectivity index (χ0v) is 17.3. The molecule has 0 saturated carbocycles. The highest BCUT2D eigenvalue weighted by atomic mass is 16.5. The van der Waals surface area contributed by atoms with Gasteiger partial charge in [0.2, 0.25) is 0 Å². The van der Waals surface area contributed by atoms with Crippen molar-refractivity contribution < 1.29 is 9.47 Å². The van der Waals surface area contributed by atoms with E-state index in [1.807, 2.05) is 7.05 Å². The largest absolute Gasteiger partial charge is 0.379 e. The van der Waals surface area contributed by atoms with Crippen LogP contribution in [0.4, 0.5) is 0 Å². The van der Waals surface area contributed by atoms with Crippen LogP contribution in [0.15, 0.2) is 29.3 Å². The molecule has 1 aromatic rings. The second kappa shape index (κ2) is 12.0. The Labute approximate surface area is 169 Å². The fraction of sp³-hybridized carbons (Fsp3) is 0.682. The van der Waals surface area contributed by atoms with Gasteiger partial charge in [-0.25, -0.2) is 0 Å². The number of rotatable bonds is 10. The van der Waals surface area contributed by atoms with Gasteiger partial charge in [0.15, 0.2) is 5.96 Å². The maximum atomic E-state index is 5.69. The predicted molar refractivity (Wildman–Crippen MR) is 114 cm³/mol. The quantitative estimate of drug-likeness (QED) is 0.366. The first-order chi connectivity index (χ1) is 13.8. The molecule has 28 heavy (non-hydrogen) atoms. The Kier molecular flexibility index (Phi) is 9.07. The minimum absolute atomic E-state index is 0.309. The Morgan fingerprint density at radius 2 is 1.93 bits per heavy atom. The molecule has 6 nitrogen and oxygen atoms in total. The number of benzene rings is 1. The summed E-state index contributed by atoms with van der Waals surface area (Å²) in [5, 5.41) is 6.73. The number of hydrogen-bond acceptors (Lipinski definition) is 4. The maximum Gasteiger partial charge on any atom is 0.191 e. The third-order valence-electron chi connectivity index (χ3n) is 5.40. The Morgan fingerprint density at radius 3 is 2.64 bits per heavy atom. The van der Waals surface area contributed by atoms with Crippen LogP contribution in [0.3, 0.4) is 0 Å². The van der Waals surface area contributed by atoms with Crippen LogP contribution in [-0.2, 0) is 22.6 Å². The Balaban J connectivity index is 1.26. The normalized spacial score (nSPS) is 20.6. The molecular formula is C22H36N4O2. The van der Waals surface area contributed by atoms with Crippen molar-refractivity contribution in [2.75, 3.05) is 46.5 Å². The molecule has 2 heterocycles. The number of aliphatic imine (C=N–C) groups is 1. The second-order valence-corrected chi connectivity index (χ2v) is 7.72. The number of hydrogen-bond donors (Lipinski definition) is 2. The molecule has 1 aromatic carbocycles. The SMILES string of the molecule is CN=C(NCCCOCC1CCCO1)NCc1ccc(CN2CCCC2)cc1. The summed E-state index contributed by atoms with van der Waals surface area (Å²) >= 11 is 0. The minimum atomic E-state index is 0.309. The van der Waals surface area contributed by atoms with E-state index in [1.54, 1.807) is 0 Å². The van der Waals surface area contributed by atoms with Crippen molar-refractivity contribution in [2.24, 2.45) is 4.99 Å². The van der Waals surface area contributed by atoms with Crippen LogP contribution in [0.1, 0.15) is 43.2 Å². The van der Waals surface area contributed by atoms with E-state index in [4.69, 9.17) is 9.47 Å². The summed E-state index contributed by atoms with van der Waals surface area (Å²) in [5.74, 6) is 0.834. The molecule has 1 unspecified atom stereocenters. The van der Waals surface area contributed by atoms with Crippen molar-refractivity contribution in [3.8, 4) is 0 Å². The van der Waals surface area contributed by atoms with E-state index in [0.717, 1.165) is 58.3 Å². The molecule has 2 aliphatic rings. The fourth-order valence-electron chi connectivity index (χ4n) is 3.74. The topological polar surface area (TPSA) is 58.1 Å². The molecular weight excluding hydrogens is 352 g/mol. The summed E-state index contributed by atoms with van der Waals surface area (Å²) in [4.78, 5) is 6.83. The molecule has 0 aromatic heterocycles. The molecule has 0 aliphatic carbocycles. The molecule has 2 saturated heterocycles. The van der Waals surface area contributed by atoms with Gasteiger partial charge in [0, 0.05) is 39.9 Å². The van der Waals surface area contributed by atoms with Gasteiger partial charge in [0.05, 0.1) is 12.7 Å². The molecule has 2 aliphatic heterocycles. The lowest BCUT2D eigenvalue weighted by Crippen LogP contribution is -2.37. The van der Waals surface area contributed by atoms with Crippen LogP contribution in [0.25, 0.3) is 0 Å². The molecule has 6 heteroatoms. The molecule has 2 N–H and O–H groups in total. The molecule has 2 fully saturated rings. The van der Waals surface area contributed by atoms with Gasteiger partial charge >= 0.3 is 0 Å². The summed E-state index contributed by atoms with van der Waals surface area (Å²) in [6, 6.07) is 8.92. The Hall–Kier alpha value is -1.63. The lowest BCUT2D eigenvalue weighted by Gasteiger charge is -2.15. The molecule has 0 spiro atoms. The summed E-state index contributed by atoms with van der Waals surface area (Å²) in [6.07, 6.45) is 6.25. The van der Waals surface area contributed by atoms with Crippen molar-refractivity contribution in [1.29, 1.82) is 0 Å². The van der Waals surface area contributed by atoms with Gasteiger partial charge < -0.3 is 20.1 Å². The van der Waals surface area contributed by atoms with Crippen LogP contribution < -0.4 is 10.6 Å². The van der Waals surface area contributed by atoms with Gasteiger partial charge in [0.1, 0.15) is 0 Å². The number of guanidine groups is 1. The van der Waals surface area contributed by atoms with Gasteiger partial charge in [-0.05, 0) is 56.3 Å². The van der Waals surface area contributed by atoms with Crippen molar-refractivity contribution in [1.82, 2.24) is 15.5 Å². The third kappa shape index (κ3) is 7.41. The smallest absolute Gasteiger partial charge is 0.191 e. The van der Waals surface area contributed by atoms with E-state index in [-0.39, 0.29) is 0 Å². The second-order valence-electron chi connectivity index (χ2n) is 7.72. The maximum absolute atomic E-state index is 5.69. The molecule has 156 valence electrons. The summed E-state index contributed by atoms with van der Waals surface area (Å²) < 4.78 is 11.2. The number of ether oxygens (including phenoxy) is 2. The van der Waals surface area contributed by atoms with Crippen LogP contribution in [-0.4, -0.2) is 63.5 Å². The summed E-state index contributed by atoms with van der Waals surface area (Å²) in [6.45, 7) is 7.54. The number of likely N-dealkylation sites (tertiary alicyclic amines) is 1. The van der Waals surface area contributed by atoms with Crippen LogP contribution in [0.5, 0.6) is 0 Å². The highest BCUT2D eigenvalue weighted by Gasteiger charge is 2.15. The first kappa shape index (κ1) is 21.1. The Morgan fingerprint density at radius 1 is 1.14 bits per heavy atom. The summed E-state index contributed by atoms with van der Waals surface area (Å²) in [5.41, 5.74) is 2.67. The molecule has 0 amide bonds. The van der Waals surface area contributed by atoms with Gasteiger partial charge in [0.25, 0.3) is 0 Å².